The Morgan fingerprint density at radius 1 is 0.811 bits per heavy atom. The van der Waals surface area contributed by atoms with Crippen LogP contribution >= 0.6 is 15.9 Å². The van der Waals surface area contributed by atoms with Gasteiger partial charge < -0.3 is 54.8 Å². The van der Waals surface area contributed by atoms with E-state index in [0.717, 1.165) is 77.7 Å². The first-order chi connectivity index (χ1) is 43.7. The maximum Gasteiger partial charge on any atom is 0.256 e. The molecule has 0 radical (unpaired) electrons. The van der Waals surface area contributed by atoms with E-state index >= 15 is 0 Å². The zero-order chi connectivity index (χ0) is 63.7. The Kier molecular flexibility index (Phi) is 22.3. The number of likely N-dealkylation sites (tertiary alicyclic amines) is 1. The fourth-order valence-corrected chi connectivity index (χ4v) is 10.7. The second kappa shape index (κ2) is 31.0. The van der Waals surface area contributed by atoms with E-state index in [1.54, 1.807) is 74.2 Å². The maximum atomic E-state index is 13.7. The van der Waals surface area contributed by atoms with Gasteiger partial charge in [0.1, 0.15) is 23.9 Å². The highest BCUT2D eigenvalue weighted by atomic mass is 79.9. The van der Waals surface area contributed by atoms with Crippen LogP contribution in [0.1, 0.15) is 76.3 Å². The number of rotatable bonds is 21. The van der Waals surface area contributed by atoms with Gasteiger partial charge in [0, 0.05) is 103 Å². The Morgan fingerprint density at radius 3 is 2.24 bits per heavy atom. The molecule has 2 aliphatic heterocycles. The van der Waals surface area contributed by atoms with Crippen LogP contribution in [0.2, 0.25) is 0 Å². The van der Waals surface area contributed by atoms with Crippen LogP contribution in [0.4, 0.5) is 21.7 Å². The number of aromatic amines is 1. The Bertz CT molecular complexity index is 3960. The summed E-state index contributed by atoms with van der Waals surface area (Å²) in [4.78, 5) is 62.5. The minimum absolute atomic E-state index is 0.143. The average Bonchev–Trinajstić information content (AvgIpc) is 1.80. The van der Waals surface area contributed by atoms with Crippen molar-refractivity contribution in [3.8, 4) is 56.9 Å². The van der Waals surface area contributed by atoms with Crippen LogP contribution < -0.4 is 45.0 Å². The number of nitrogens with one attached hydrogen (secondary N) is 5. The topological polar surface area (TPSA) is 237 Å². The number of likely N-dealkylation sites (N-methyl/N-ethyl adjacent to an activating group) is 1. The monoisotopic (exact) mass is 1290 g/mol. The number of halogens is 2. The van der Waals surface area contributed by atoms with E-state index < -0.39 is 5.82 Å². The predicted molar refractivity (Wildman–Crippen MR) is 350 cm³/mol. The molecule has 11 rings (SSSR count). The first-order valence-corrected chi connectivity index (χ1v) is 30.3. The number of aromatic nitrogens is 7. The fourth-order valence-electron chi connectivity index (χ4n) is 10.4. The number of nitrogens with zero attached hydrogens (tertiary/aromatic N) is 8. The van der Waals surface area contributed by atoms with Crippen LogP contribution in [0.5, 0.6) is 34.6 Å². The van der Waals surface area contributed by atoms with Gasteiger partial charge >= 0.3 is 0 Å². The lowest BCUT2D eigenvalue weighted by Gasteiger charge is -2.26. The Hall–Kier alpha value is -9.71. The van der Waals surface area contributed by atoms with Crippen LogP contribution in [0.3, 0.4) is 0 Å². The molecular weight excluding hydrogens is 1210 g/mol. The summed E-state index contributed by atoms with van der Waals surface area (Å²) in [6.07, 6.45) is 16.5. The van der Waals surface area contributed by atoms with Crippen LogP contribution in [0, 0.1) is 19.7 Å². The second-order valence-electron chi connectivity index (χ2n) is 20.9. The fraction of sp³-hybridized carbons (Fsp3) is 0.284. The number of ether oxygens (including phenoxy) is 5. The zero-order valence-corrected chi connectivity index (χ0v) is 53.2. The lowest BCUT2D eigenvalue weighted by atomic mass is 10.0. The molecule has 7 heterocycles. The third-order valence-electron chi connectivity index (χ3n) is 15.2. The van der Waals surface area contributed by atoms with E-state index in [1.807, 2.05) is 61.2 Å². The largest absolute Gasteiger partial charge is 0.493 e. The summed E-state index contributed by atoms with van der Waals surface area (Å²) in [7, 11) is 6.16. The molecule has 2 aliphatic rings. The molecule has 0 saturated carbocycles. The van der Waals surface area contributed by atoms with Gasteiger partial charge in [-0.05, 0) is 146 Å². The number of hydrogen-bond acceptors (Lipinski definition) is 16. The van der Waals surface area contributed by atoms with E-state index in [0.29, 0.717) is 73.3 Å². The Morgan fingerprint density at radius 2 is 1.54 bits per heavy atom. The number of methoxy groups -OCH3 is 3. The Balaban J connectivity index is 0.000000160. The minimum Gasteiger partial charge on any atom is -0.493 e. The summed E-state index contributed by atoms with van der Waals surface area (Å²) in [6.45, 7) is 15.2. The van der Waals surface area contributed by atoms with Crippen molar-refractivity contribution in [2.24, 2.45) is 0 Å². The van der Waals surface area contributed by atoms with Crippen LogP contribution in [0.25, 0.3) is 39.6 Å². The van der Waals surface area contributed by atoms with Crippen molar-refractivity contribution < 1.29 is 42.5 Å². The lowest BCUT2D eigenvalue weighted by molar-refractivity contribution is -0.110. The number of amides is 3. The first kappa shape index (κ1) is 64.8. The zero-order valence-electron chi connectivity index (χ0n) is 51.6. The molecular formula is C67H73BrFN13O8. The molecule has 468 valence electrons. The predicted octanol–water partition coefficient (Wildman–Crippen LogP) is 11.8. The molecule has 1 saturated heterocycles. The molecule has 23 heteroatoms. The van der Waals surface area contributed by atoms with Crippen molar-refractivity contribution in [3.05, 3.63) is 172 Å². The molecule has 3 amide bonds. The van der Waals surface area contributed by atoms with Gasteiger partial charge in [-0.3, -0.25) is 24.3 Å². The third-order valence-corrected chi connectivity index (χ3v) is 15.8. The smallest absolute Gasteiger partial charge is 0.256 e. The maximum absolute atomic E-state index is 13.7. The number of pyridine rings is 1. The standard InChI is InChI=1S/C24H25N5O.C22H27FN4O2.C21H21BrN4O5/c1-2-12-28(13-3-1)14-15-30-22-6-4-19(5-7-22)21-16-26-24-23(17-27-29(24)18-21)20-8-10-25-11-9-20;1-5-27(6-2)10-9-24-22(29)20-13(3)19(25-14(20)4)12-17-16-11-15(23)7-8-18(16)26-21(17)28;1-23-19(27)13-7-5-6-8-15(13)31-20-14(22)11-24-21(26-20)25-12-9-16(28-2)18(30-4)17(10-12)29-3/h4-11,16-18H,1-3,12-15H2;7-8,11-12,25H,5-6,9-10H2,1-4H3,(H,24,29)(H,26,28);5-11H,1-4H3,(H,23,27)(H,24,25,26)/b;17-12-;. The SMILES string of the molecule is CCN(CC)CCNC(=O)c1c(C)[nH]c(/C=C2\C(=O)Nc3ccc(F)cc32)c1C.CNC(=O)c1ccccc1Oc1nc(Nc2cc(OC)c(OC)c(OC)c2)ncc1Br.c1cc(-c2cnn3cc(-c4ccc(OCCN5CCCCC5)cc4)cnc23)ccn1. The van der Waals surface area contributed by atoms with E-state index in [1.165, 1.54) is 65.8 Å². The molecule has 0 aliphatic carbocycles. The highest BCUT2D eigenvalue weighted by molar-refractivity contribution is 9.10. The Labute approximate surface area is 530 Å². The van der Waals surface area contributed by atoms with Gasteiger partial charge in [-0.1, -0.05) is 44.5 Å². The second-order valence-corrected chi connectivity index (χ2v) is 21.7. The summed E-state index contributed by atoms with van der Waals surface area (Å²) < 4.78 is 43.9. The molecule has 0 bridgehead atoms. The van der Waals surface area contributed by atoms with Crippen LogP contribution in [0.15, 0.2) is 133 Å². The number of carbonyl (C=O) groups is 3. The minimum atomic E-state index is -0.404. The summed E-state index contributed by atoms with van der Waals surface area (Å²) in [5.74, 6) is 2.11. The first-order valence-electron chi connectivity index (χ1n) is 29.5. The summed E-state index contributed by atoms with van der Waals surface area (Å²) in [6, 6.07) is 26.7. The highest BCUT2D eigenvalue weighted by Crippen LogP contribution is 2.41. The van der Waals surface area contributed by atoms with E-state index in [9.17, 15) is 18.8 Å². The van der Waals surface area contributed by atoms with E-state index in [-0.39, 0.29) is 29.5 Å². The third kappa shape index (κ3) is 15.9. The average molecular weight is 1290 g/mol. The van der Waals surface area contributed by atoms with Crippen molar-refractivity contribution in [2.45, 2.75) is 47.0 Å². The number of benzene rings is 4. The van der Waals surface area contributed by atoms with Gasteiger partial charge in [-0.15, -0.1) is 0 Å². The molecule has 5 N–H and O–H groups in total. The van der Waals surface area contributed by atoms with Crippen molar-refractivity contribution in [3.63, 3.8) is 0 Å². The summed E-state index contributed by atoms with van der Waals surface area (Å²) in [5.41, 5.74) is 10.2. The van der Waals surface area contributed by atoms with Gasteiger partial charge in [-0.25, -0.2) is 18.9 Å². The number of carbonyl (C=O) groups excluding carboxylic acids is 3. The van der Waals surface area contributed by atoms with Gasteiger partial charge in [-0.2, -0.15) is 10.1 Å². The molecule has 90 heavy (non-hydrogen) atoms. The van der Waals surface area contributed by atoms with Gasteiger partial charge in [0.15, 0.2) is 17.1 Å². The number of anilines is 3. The lowest BCUT2D eigenvalue weighted by Crippen LogP contribution is -2.35. The quantitative estimate of drug-likeness (QED) is 0.0421. The van der Waals surface area contributed by atoms with Crippen molar-refractivity contribution in [1.29, 1.82) is 0 Å². The molecule has 0 unspecified atom stereocenters. The molecule has 0 atom stereocenters. The molecule has 5 aromatic heterocycles. The number of para-hydroxylation sites is 1. The number of hydrogen-bond donors (Lipinski definition) is 5. The van der Waals surface area contributed by atoms with E-state index in [2.05, 4.69) is 103 Å². The van der Waals surface area contributed by atoms with Crippen molar-refractivity contribution in [2.75, 3.05) is 91.4 Å². The van der Waals surface area contributed by atoms with Crippen molar-refractivity contribution >= 4 is 68.3 Å². The van der Waals surface area contributed by atoms with E-state index in [4.69, 9.17) is 23.7 Å². The van der Waals surface area contributed by atoms with Crippen LogP contribution in [-0.2, 0) is 4.79 Å². The van der Waals surface area contributed by atoms with Crippen LogP contribution in [-0.4, -0.2) is 143 Å². The summed E-state index contributed by atoms with van der Waals surface area (Å²) in [5, 5.41) is 15.9. The molecule has 9 aromatic rings. The summed E-state index contributed by atoms with van der Waals surface area (Å²) >= 11 is 3.38. The normalized spacial score (nSPS) is 13.1. The highest BCUT2D eigenvalue weighted by Gasteiger charge is 2.27. The number of H-pyrrole nitrogens is 1. The molecule has 1 fully saturated rings. The van der Waals surface area contributed by atoms with Gasteiger partial charge in [0.2, 0.25) is 17.6 Å². The number of aryl methyl sites for hydroxylation is 1. The molecule has 21 nitrogen and oxygen atoms in total. The number of piperidine rings is 1. The van der Waals surface area contributed by atoms with Crippen molar-refractivity contribution in [1.82, 2.24) is 55.0 Å². The number of fused-ring (bicyclic) bond motifs is 2. The van der Waals surface area contributed by atoms with Gasteiger partial charge in [0.25, 0.3) is 17.7 Å². The molecule has 4 aromatic carbocycles. The van der Waals surface area contributed by atoms with Gasteiger partial charge in [0.05, 0.1) is 54.9 Å². The molecule has 0 spiro atoms.